The lowest BCUT2D eigenvalue weighted by atomic mass is 9.93. The zero-order valence-electron chi connectivity index (χ0n) is 7.06. The molecule has 62 valence electrons. The van der Waals surface area contributed by atoms with Gasteiger partial charge < -0.3 is 4.98 Å². The molecule has 0 fully saturated rings. The third kappa shape index (κ3) is 1.20. The maximum Gasteiger partial charge on any atom is 0.142 e. The van der Waals surface area contributed by atoms with E-state index in [0.29, 0.717) is 10.6 Å². The maximum absolute atomic E-state index is 8.79. The molecule has 0 unspecified atom stereocenters. The Hall–Kier alpha value is -1.40. The van der Waals surface area contributed by atoms with E-state index in [4.69, 9.17) is 16.9 Å². The molecule has 0 radical (unpaired) electrons. The third-order valence-electron chi connectivity index (χ3n) is 2.07. The van der Waals surface area contributed by atoms with Gasteiger partial charge in [-0.25, -0.2) is 0 Å². The summed E-state index contributed by atoms with van der Waals surface area (Å²) in [5.74, 6) is 0. The van der Waals surface area contributed by atoms with Gasteiger partial charge in [-0.1, -0.05) is 17.1 Å². The number of nitriles is 1. The van der Waals surface area contributed by atoms with Crippen molar-refractivity contribution in [1.82, 2.24) is 4.98 Å². The molecule has 0 aliphatic rings. The molecule has 0 saturated carbocycles. The van der Waals surface area contributed by atoms with Gasteiger partial charge in [-0.05, 0) is 12.1 Å². The van der Waals surface area contributed by atoms with Crippen LogP contribution >= 0.6 is 11.6 Å². The Bertz CT molecular complexity index is 510. The molecule has 13 heavy (non-hydrogen) atoms. The van der Waals surface area contributed by atoms with E-state index in [1.165, 1.54) is 0 Å². The van der Waals surface area contributed by atoms with Crippen LogP contribution in [-0.2, 0) is 0 Å². The van der Waals surface area contributed by atoms with E-state index in [1.807, 2.05) is 13.9 Å². The predicted molar refractivity (Wildman–Crippen MR) is 56.2 cm³/mol. The van der Waals surface area contributed by atoms with Gasteiger partial charge in [-0.2, -0.15) is 5.26 Å². The predicted octanol–water partition coefficient (Wildman–Crippen LogP) is 0.951. The molecule has 2 rings (SSSR count). The first-order chi connectivity index (χ1) is 6.22. The van der Waals surface area contributed by atoms with E-state index in [2.05, 4.69) is 11.1 Å². The summed E-state index contributed by atoms with van der Waals surface area (Å²) in [5.41, 5.74) is 2.69. The fraction of sp³-hybridized carbons (Fsp3) is 0. The first-order valence-corrected chi connectivity index (χ1v) is 4.27. The largest absolute Gasteiger partial charge is 0.360 e. The molecule has 4 heteroatoms. The Kier molecular flexibility index (Phi) is 1.79. The monoisotopic (exact) mass is 188 g/mol. The van der Waals surface area contributed by atoms with Gasteiger partial charge in [0.2, 0.25) is 0 Å². The number of halogens is 1. The smallest absolute Gasteiger partial charge is 0.142 e. The van der Waals surface area contributed by atoms with Crippen LogP contribution in [-0.4, -0.2) is 12.8 Å². The third-order valence-corrected chi connectivity index (χ3v) is 2.29. The summed E-state index contributed by atoms with van der Waals surface area (Å²) >= 11 is 5.89. The normalized spacial score (nSPS) is 10.2. The van der Waals surface area contributed by atoms with Crippen molar-refractivity contribution >= 4 is 35.8 Å². The summed E-state index contributed by atoms with van der Waals surface area (Å²) in [7, 11) is 1.96. The Balaban J connectivity index is 2.92. The van der Waals surface area contributed by atoms with E-state index in [-0.39, 0.29) is 0 Å². The highest BCUT2D eigenvalue weighted by Gasteiger charge is 2.05. The van der Waals surface area contributed by atoms with Crippen molar-refractivity contribution in [3.05, 3.63) is 28.9 Å². The highest BCUT2D eigenvalue weighted by Crippen LogP contribution is 2.19. The van der Waals surface area contributed by atoms with Gasteiger partial charge in [0.05, 0.1) is 5.56 Å². The quantitative estimate of drug-likeness (QED) is 0.615. The van der Waals surface area contributed by atoms with Crippen LogP contribution in [0.25, 0.3) is 10.9 Å². The number of rotatable bonds is 0. The number of H-pyrrole nitrogens is 1. The Morgan fingerprint density at radius 3 is 2.92 bits per heavy atom. The van der Waals surface area contributed by atoms with Crippen molar-refractivity contribution in [2.45, 2.75) is 0 Å². The first kappa shape index (κ1) is 8.21. The lowest BCUT2D eigenvalue weighted by molar-refractivity contribution is 1.45. The van der Waals surface area contributed by atoms with Gasteiger partial charge in [-0.15, -0.1) is 0 Å². The van der Waals surface area contributed by atoms with Gasteiger partial charge in [0.15, 0.2) is 0 Å². The van der Waals surface area contributed by atoms with Crippen molar-refractivity contribution in [1.29, 1.82) is 5.26 Å². The number of nitrogens with one attached hydrogen (secondary N) is 1. The SMILES string of the molecule is Bc1cc(Cl)cc2c(C#N)c[nH]c12. The molecule has 2 nitrogen and oxygen atoms in total. The van der Waals surface area contributed by atoms with Crippen LogP contribution in [0.1, 0.15) is 5.56 Å². The van der Waals surface area contributed by atoms with Crippen LogP contribution < -0.4 is 5.46 Å². The second kappa shape index (κ2) is 2.83. The maximum atomic E-state index is 8.79. The highest BCUT2D eigenvalue weighted by atomic mass is 35.5. The van der Waals surface area contributed by atoms with Gasteiger partial charge in [0, 0.05) is 22.1 Å². The standard InChI is InChI=1S/C9H6BClN2/c10-8-2-6(11)1-7-5(3-12)4-13-9(7)8/h1-2,4,13H,10H2. The van der Waals surface area contributed by atoms with Crippen LogP contribution in [0, 0.1) is 11.3 Å². The molecule has 0 aliphatic carbocycles. The molecule has 1 N–H and O–H groups in total. The van der Waals surface area contributed by atoms with Crippen molar-refractivity contribution in [3.8, 4) is 6.07 Å². The molecule has 0 atom stereocenters. The average molecular weight is 188 g/mol. The number of aromatic amines is 1. The number of hydrogen-bond donors (Lipinski definition) is 1. The second-order valence-corrected chi connectivity index (χ2v) is 3.40. The van der Waals surface area contributed by atoms with Crippen LogP contribution in [0.15, 0.2) is 18.3 Å². The summed E-state index contributed by atoms with van der Waals surface area (Å²) in [6.45, 7) is 0. The minimum absolute atomic E-state index is 0.639. The summed E-state index contributed by atoms with van der Waals surface area (Å²) in [6, 6.07) is 5.80. The number of aromatic nitrogens is 1. The van der Waals surface area contributed by atoms with Crippen LogP contribution in [0.4, 0.5) is 0 Å². The Labute approximate surface area is 81.5 Å². The van der Waals surface area contributed by atoms with E-state index in [0.717, 1.165) is 16.4 Å². The van der Waals surface area contributed by atoms with Crippen molar-refractivity contribution in [2.24, 2.45) is 0 Å². The summed E-state index contributed by atoms with van der Waals surface area (Å²) in [4.78, 5) is 3.05. The van der Waals surface area contributed by atoms with Gasteiger partial charge in [-0.3, -0.25) is 0 Å². The first-order valence-electron chi connectivity index (χ1n) is 3.89. The average Bonchev–Trinajstić information content (AvgIpc) is 2.47. The van der Waals surface area contributed by atoms with Crippen molar-refractivity contribution in [2.75, 3.05) is 0 Å². The van der Waals surface area contributed by atoms with Gasteiger partial charge in [0.25, 0.3) is 0 Å². The fourth-order valence-corrected chi connectivity index (χ4v) is 1.73. The molecule has 2 aromatic rings. The molecular formula is C9H6BClN2. The molecule has 0 spiro atoms. The highest BCUT2D eigenvalue weighted by molar-refractivity contribution is 6.41. The van der Waals surface area contributed by atoms with Crippen LogP contribution in [0.3, 0.4) is 0 Å². The molecule has 0 saturated heterocycles. The fourth-order valence-electron chi connectivity index (χ4n) is 1.46. The number of benzene rings is 1. The van der Waals surface area contributed by atoms with E-state index >= 15 is 0 Å². The lowest BCUT2D eigenvalue weighted by Gasteiger charge is -1.97. The Morgan fingerprint density at radius 1 is 1.46 bits per heavy atom. The van der Waals surface area contributed by atoms with Gasteiger partial charge in [0.1, 0.15) is 13.9 Å². The summed E-state index contributed by atoms with van der Waals surface area (Å²) in [6.07, 6.45) is 1.70. The van der Waals surface area contributed by atoms with E-state index < -0.39 is 0 Å². The number of hydrogen-bond acceptors (Lipinski definition) is 1. The van der Waals surface area contributed by atoms with Crippen LogP contribution in [0.5, 0.6) is 0 Å². The zero-order valence-corrected chi connectivity index (χ0v) is 7.81. The number of nitrogens with zero attached hydrogens (tertiary/aromatic N) is 1. The summed E-state index contributed by atoms with van der Waals surface area (Å²) < 4.78 is 0. The molecule has 1 aromatic heterocycles. The number of fused-ring (bicyclic) bond motifs is 1. The molecule has 0 aliphatic heterocycles. The van der Waals surface area contributed by atoms with Gasteiger partial charge >= 0.3 is 0 Å². The zero-order chi connectivity index (χ0) is 9.42. The Morgan fingerprint density at radius 2 is 2.23 bits per heavy atom. The van der Waals surface area contributed by atoms with E-state index in [1.54, 1.807) is 12.3 Å². The lowest BCUT2D eigenvalue weighted by Crippen LogP contribution is -2.03. The topological polar surface area (TPSA) is 39.6 Å². The van der Waals surface area contributed by atoms with E-state index in [9.17, 15) is 0 Å². The molecule has 1 aromatic carbocycles. The summed E-state index contributed by atoms with van der Waals surface area (Å²) in [5, 5.41) is 10.4. The molecule has 1 heterocycles. The van der Waals surface area contributed by atoms with Crippen molar-refractivity contribution < 1.29 is 0 Å². The van der Waals surface area contributed by atoms with Crippen LogP contribution in [0.2, 0.25) is 5.02 Å². The van der Waals surface area contributed by atoms with Crippen molar-refractivity contribution in [3.63, 3.8) is 0 Å². The molecule has 0 bridgehead atoms. The minimum Gasteiger partial charge on any atom is -0.360 e. The second-order valence-electron chi connectivity index (χ2n) is 2.96. The molecular weight excluding hydrogens is 182 g/mol. The molecule has 0 amide bonds. The minimum atomic E-state index is 0.639.